The minimum Gasteiger partial charge on any atom is -0.477 e. The van der Waals surface area contributed by atoms with Crippen molar-refractivity contribution in [1.82, 2.24) is 14.9 Å². The van der Waals surface area contributed by atoms with E-state index in [-0.39, 0.29) is 5.97 Å². The van der Waals surface area contributed by atoms with Crippen molar-refractivity contribution in [3.05, 3.63) is 12.4 Å². The molecule has 0 radical (unpaired) electrons. The summed E-state index contributed by atoms with van der Waals surface area (Å²) in [5.41, 5.74) is 0. The van der Waals surface area contributed by atoms with Gasteiger partial charge in [-0.1, -0.05) is 0 Å². The predicted octanol–water partition coefficient (Wildman–Crippen LogP) is 0.560. The molecule has 0 aromatic carbocycles. The van der Waals surface area contributed by atoms with Crippen molar-refractivity contribution in [2.75, 3.05) is 51.3 Å². The molecule has 0 spiro atoms. The average molecular weight is 294 g/mol. The van der Waals surface area contributed by atoms with E-state index in [0.29, 0.717) is 18.9 Å². The van der Waals surface area contributed by atoms with Gasteiger partial charge in [0.2, 0.25) is 5.88 Å². The lowest BCUT2D eigenvalue weighted by molar-refractivity contribution is -0.141. The summed E-state index contributed by atoms with van der Waals surface area (Å²) < 4.78 is 10.0. The van der Waals surface area contributed by atoms with Crippen LogP contribution in [0.5, 0.6) is 5.88 Å². The van der Waals surface area contributed by atoms with Crippen LogP contribution in [0.4, 0.5) is 5.82 Å². The lowest BCUT2D eigenvalue weighted by Gasteiger charge is -2.35. The number of piperazine rings is 1. The van der Waals surface area contributed by atoms with Crippen LogP contribution in [0.15, 0.2) is 12.4 Å². The number of ether oxygens (including phenoxy) is 2. The molecule has 2 heterocycles. The van der Waals surface area contributed by atoms with Crippen LogP contribution in [0, 0.1) is 0 Å². The molecule has 1 saturated heterocycles. The third-order valence-electron chi connectivity index (χ3n) is 3.45. The minimum absolute atomic E-state index is 0.160. The summed E-state index contributed by atoms with van der Waals surface area (Å²) in [4.78, 5) is 24.2. The third-order valence-corrected chi connectivity index (χ3v) is 3.45. The highest BCUT2D eigenvalue weighted by Gasteiger charge is 2.19. The fourth-order valence-corrected chi connectivity index (χ4v) is 2.26. The smallest absolute Gasteiger partial charge is 0.306 e. The molecule has 0 aliphatic carbocycles. The number of esters is 1. The first kappa shape index (κ1) is 15.5. The SMILES string of the molecule is CCOc1cncc(N2CCN(CCC(=O)OC)CC2)n1. The molecular formula is C14H22N4O3. The summed E-state index contributed by atoms with van der Waals surface area (Å²) in [5.74, 6) is 1.24. The van der Waals surface area contributed by atoms with Gasteiger partial charge < -0.3 is 14.4 Å². The molecule has 1 aromatic heterocycles. The number of carbonyl (C=O) groups is 1. The molecule has 0 amide bonds. The average Bonchev–Trinajstić information content (AvgIpc) is 2.53. The standard InChI is InChI=1S/C14H22N4O3/c1-3-21-13-11-15-10-12(16-13)18-8-6-17(7-9-18)5-4-14(19)20-2/h10-11H,3-9H2,1-2H3. The molecule has 0 unspecified atom stereocenters. The lowest BCUT2D eigenvalue weighted by Crippen LogP contribution is -2.47. The molecule has 0 saturated carbocycles. The third kappa shape index (κ3) is 4.56. The molecule has 2 rings (SSSR count). The van der Waals surface area contributed by atoms with Crippen molar-refractivity contribution in [3.8, 4) is 5.88 Å². The molecule has 116 valence electrons. The first-order chi connectivity index (χ1) is 10.2. The molecule has 1 aromatic rings. The first-order valence-corrected chi connectivity index (χ1v) is 7.22. The maximum atomic E-state index is 11.1. The normalized spacial score (nSPS) is 15.8. The maximum Gasteiger partial charge on any atom is 0.306 e. The van der Waals surface area contributed by atoms with E-state index in [1.54, 1.807) is 12.4 Å². The van der Waals surface area contributed by atoms with Crippen LogP contribution in [-0.4, -0.2) is 67.3 Å². The Morgan fingerprint density at radius 3 is 2.71 bits per heavy atom. The van der Waals surface area contributed by atoms with Crippen LogP contribution in [-0.2, 0) is 9.53 Å². The zero-order valence-corrected chi connectivity index (χ0v) is 12.6. The largest absolute Gasteiger partial charge is 0.477 e. The van der Waals surface area contributed by atoms with Crippen LogP contribution in [0.3, 0.4) is 0 Å². The van der Waals surface area contributed by atoms with Gasteiger partial charge in [-0.25, -0.2) is 0 Å². The van der Waals surface area contributed by atoms with Crippen LogP contribution in [0.25, 0.3) is 0 Å². The van der Waals surface area contributed by atoms with E-state index in [4.69, 9.17) is 4.74 Å². The zero-order valence-electron chi connectivity index (χ0n) is 12.6. The molecule has 0 N–H and O–H groups in total. The lowest BCUT2D eigenvalue weighted by atomic mass is 10.3. The molecule has 21 heavy (non-hydrogen) atoms. The molecular weight excluding hydrogens is 272 g/mol. The van der Waals surface area contributed by atoms with Gasteiger partial charge in [-0.15, -0.1) is 0 Å². The quantitative estimate of drug-likeness (QED) is 0.710. The second kappa shape index (κ2) is 7.78. The number of hydrogen-bond acceptors (Lipinski definition) is 7. The van der Waals surface area contributed by atoms with Crippen molar-refractivity contribution in [3.63, 3.8) is 0 Å². The van der Waals surface area contributed by atoms with E-state index in [2.05, 4.69) is 24.5 Å². The van der Waals surface area contributed by atoms with Crippen LogP contribution in [0.1, 0.15) is 13.3 Å². The summed E-state index contributed by atoms with van der Waals surface area (Å²) in [5, 5.41) is 0. The van der Waals surface area contributed by atoms with Gasteiger partial charge in [-0.3, -0.25) is 14.7 Å². The Kier molecular flexibility index (Phi) is 5.74. The Morgan fingerprint density at radius 2 is 2.05 bits per heavy atom. The van der Waals surface area contributed by atoms with Crippen molar-refractivity contribution < 1.29 is 14.3 Å². The number of rotatable bonds is 6. The number of anilines is 1. The van der Waals surface area contributed by atoms with Gasteiger partial charge in [0.15, 0.2) is 5.82 Å². The monoisotopic (exact) mass is 294 g/mol. The molecule has 7 nitrogen and oxygen atoms in total. The molecule has 1 fully saturated rings. The summed E-state index contributed by atoms with van der Waals surface area (Å²) in [6.45, 7) is 6.78. The fourth-order valence-electron chi connectivity index (χ4n) is 2.26. The highest BCUT2D eigenvalue weighted by molar-refractivity contribution is 5.69. The van der Waals surface area contributed by atoms with Gasteiger partial charge in [0.25, 0.3) is 0 Å². The topological polar surface area (TPSA) is 67.8 Å². The number of hydrogen-bond donors (Lipinski definition) is 0. The number of carbonyl (C=O) groups excluding carboxylic acids is 1. The summed E-state index contributed by atoms with van der Waals surface area (Å²) in [7, 11) is 1.42. The fraction of sp³-hybridized carbons (Fsp3) is 0.643. The minimum atomic E-state index is -0.160. The molecule has 0 bridgehead atoms. The summed E-state index contributed by atoms with van der Waals surface area (Å²) >= 11 is 0. The van der Waals surface area contributed by atoms with E-state index < -0.39 is 0 Å². The maximum absolute atomic E-state index is 11.1. The summed E-state index contributed by atoms with van der Waals surface area (Å²) in [6, 6.07) is 0. The van der Waals surface area contributed by atoms with E-state index in [0.717, 1.165) is 38.5 Å². The molecule has 0 atom stereocenters. The Morgan fingerprint density at radius 1 is 1.29 bits per heavy atom. The van der Waals surface area contributed by atoms with Gasteiger partial charge in [0.05, 0.1) is 32.5 Å². The van der Waals surface area contributed by atoms with Gasteiger partial charge in [-0.2, -0.15) is 4.98 Å². The Bertz CT molecular complexity index is 461. The Labute approximate surface area is 124 Å². The van der Waals surface area contributed by atoms with Crippen LogP contribution < -0.4 is 9.64 Å². The van der Waals surface area contributed by atoms with Crippen LogP contribution >= 0.6 is 0 Å². The van der Waals surface area contributed by atoms with E-state index in [9.17, 15) is 4.79 Å². The zero-order chi connectivity index (χ0) is 15.1. The first-order valence-electron chi connectivity index (χ1n) is 7.22. The highest BCUT2D eigenvalue weighted by atomic mass is 16.5. The van der Waals surface area contributed by atoms with Crippen molar-refractivity contribution in [1.29, 1.82) is 0 Å². The van der Waals surface area contributed by atoms with E-state index in [1.165, 1.54) is 7.11 Å². The molecule has 1 aliphatic heterocycles. The van der Waals surface area contributed by atoms with Gasteiger partial charge in [0.1, 0.15) is 0 Å². The Balaban J connectivity index is 1.83. The van der Waals surface area contributed by atoms with Gasteiger partial charge in [-0.05, 0) is 6.92 Å². The van der Waals surface area contributed by atoms with Crippen molar-refractivity contribution in [2.45, 2.75) is 13.3 Å². The van der Waals surface area contributed by atoms with Crippen molar-refractivity contribution >= 4 is 11.8 Å². The van der Waals surface area contributed by atoms with E-state index >= 15 is 0 Å². The summed E-state index contributed by atoms with van der Waals surface area (Å²) in [6.07, 6.45) is 3.82. The molecule has 7 heteroatoms. The van der Waals surface area contributed by atoms with Crippen molar-refractivity contribution in [2.24, 2.45) is 0 Å². The molecule has 1 aliphatic rings. The van der Waals surface area contributed by atoms with Gasteiger partial charge >= 0.3 is 5.97 Å². The number of aromatic nitrogens is 2. The van der Waals surface area contributed by atoms with Gasteiger partial charge in [0, 0.05) is 32.7 Å². The predicted molar refractivity (Wildman–Crippen MR) is 78.5 cm³/mol. The number of methoxy groups -OCH3 is 1. The second-order valence-electron chi connectivity index (χ2n) is 4.80. The van der Waals surface area contributed by atoms with Crippen LogP contribution in [0.2, 0.25) is 0 Å². The Hall–Kier alpha value is -1.89. The number of nitrogens with zero attached hydrogens (tertiary/aromatic N) is 4. The highest BCUT2D eigenvalue weighted by Crippen LogP contribution is 2.16. The van der Waals surface area contributed by atoms with E-state index in [1.807, 2.05) is 6.92 Å². The second-order valence-corrected chi connectivity index (χ2v) is 4.80.